The molecule has 0 amide bonds. The van der Waals surface area contributed by atoms with Gasteiger partial charge >= 0.3 is 0 Å². The quantitative estimate of drug-likeness (QED) is 0.642. The Morgan fingerprint density at radius 3 is 2.27 bits per heavy atom. The molecule has 3 heteroatoms. The van der Waals surface area contributed by atoms with Crippen LogP contribution < -0.4 is 0 Å². The van der Waals surface area contributed by atoms with Crippen molar-refractivity contribution in [2.24, 2.45) is 10.9 Å². The fourth-order valence-electron chi connectivity index (χ4n) is 0.754. The van der Waals surface area contributed by atoms with E-state index in [-0.39, 0.29) is 17.9 Å². The average molecular weight is 177 g/mol. The van der Waals surface area contributed by atoms with Crippen LogP contribution in [0.2, 0.25) is 0 Å². The molecular weight excluding hydrogens is 160 g/mol. The van der Waals surface area contributed by atoms with Gasteiger partial charge in [0.05, 0.1) is 11.5 Å². The standard InChI is InChI=1S/C8H16N2.ClH/c1-5-7(2)8(3,4)10-6-9;/h7,9H,5H2,1-4H3;1H. The maximum atomic E-state index is 6.71. The lowest BCUT2D eigenvalue weighted by molar-refractivity contribution is 0.341. The summed E-state index contributed by atoms with van der Waals surface area (Å²) in [5.41, 5.74) is -0.115. The van der Waals surface area contributed by atoms with Crippen LogP contribution in [0.1, 0.15) is 34.1 Å². The predicted molar refractivity (Wildman–Crippen MR) is 50.9 cm³/mol. The van der Waals surface area contributed by atoms with E-state index in [1.165, 1.54) is 0 Å². The van der Waals surface area contributed by atoms with Crippen molar-refractivity contribution in [1.82, 2.24) is 0 Å². The maximum absolute atomic E-state index is 6.71. The predicted octanol–water partition coefficient (Wildman–Crippen LogP) is 2.99. The number of nitrogens with one attached hydrogen (secondary N) is 1. The number of hydrogen-bond donors (Lipinski definition) is 1. The molecule has 0 aliphatic rings. The summed E-state index contributed by atoms with van der Waals surface area (Å²) in [4.78, 5) is 3.94. The van der Waals surface area contributed by atoms with Gasteiger partial charge in [0, 0.05) is 0 Å². The van der Waals surface area contributed by atoms with Crippen molar-refractivity contribution in [3.63, 3.8) is 0 Å². The minimum absolute atomic E-state index is 0. The van der Waals surface area contributed by atoms with Crippen LogP contribution in [0.5, 0.6) is 0 Å². The first-order valence-electron chi connectivity index (χ1n) is 3.68. The molecule has 0 aliphatic carbocycles. The van der Waals surface area contributed by atoms with E-state index in [0.717, 1.165) is 6.42 Å². The zero-order chi connectivity index (χ0) is 8.20. The molecule has 1 N–H and O–H groups in total. The number of rotatable bonds is 3. The first-order valence-corrected chi connectivity index (χ1v) is 3.68. The van der Waals surface area contributed by atoms with Crippen LogP contribution in [-0.2, 0) is 0 Å². The summed E-state index contributed by atoms with van der Waals surface area (Å²) in [5, 5.41) is 6.71. The lowest BCUT2D eigenvalue weighted by Gasteiger charge is -2.24. The van der Waals surface area contributed by atoms with Gasteiger partial charge in [0.15, 0.2) is 0 Å². The van der Waals surface area contributed by atoms with E-state index < -0.39 is 0 Å². The lowest BCUT2D eigenvalue weighted by Crippen LogP contribution is -2.25. The van der Waals surface area contributed by atoms with Crippen LogP contribution in [0, 0.1) is 11.3 Å². The first kappa shape index (κ1) is 13.3. The summed E-state index contributed by atoms with van der Waals surface area (Å²) < 4.78 is 0. The highest BCUT2D eigenvalue weighted by atomic mass is 35.5. The molecule has 0 aromatic rings. The molecule has 0 rings (SSSR count). The fourth-order valence-corrected chi connectivity index (χ4v) is 0.754. The molecule has 1 atom stereocenters. The van der Waals surface area contributed by atoms with E-state index in [0.29, 0.717) is 5.92 Å². The SMILES string of the molecule is CCC(C)C(C)(C)N=C=N.Cl. The molecule has 2 nitrogen and oxygen atoms in total. The summed E-state index contributed by atoms with van der Waals surface area (Å²) in [6.07, 6.45) is 1.10. The van der Waals surface area contributed by atoms with Crippen LogP contribution in [0.25, 0.3) is 0 Å². The highest BCUT2D eigenvalue weighted by Gasteiger charge is 2.22. The Morgan fingerprint density at radius 1 is 1.55 bits per heavy atom. The van der Waals surface area contributed by atoms with Crippen LogP contribution in [0.4, 0.5) is 0 Å². The minimum atomic E-state index is -0.115. The molecule has 0 bridgehead atoms. The van der Waals surface area contributed by atoms with E-state index >= 15 is 0 Å². The fraction of sp³-hybridized carbons (Fsp3) is 0.875. The van der Waals surface area contributed by atoms with E-state index in [9.17, 15) is 0 Å². The number of halogens is 1. The summed E-state index contributed by atoms with van der Waals surface area (Å²) in [6.45, 7) is 8.33. The normalized spacial score (nSPS) is 12.7. The second kappa shape index (κ2) is 5.34. The van der Waals surface area contributed by atoms with E-state index in [2.05, 4.69) is 24.8 Å². The Bertz CT molecular complexity index is 148. The monoisotopic (exact) mass is 176 g/mol. The molecule has 0 fully saturated rings. The summed E-state index contributed by atoms with van der Waals surface area (Å²) in [6, 6.07) is 2.10. The second-order valence-corrected chi connectivity index (χ2v) is 3.19. The topological polar surface area (TPSA) is 36.2 Å². The van der Waals surface area contributed by atoms with Crippen LogP contribution in [-0.4, -0.2) is 11.5 Å². The smallest absolute Gasteiger partial charge is 0.0867 e. The zero-order valence-electron chi connectivity index (χ0n) is 7.64. The van der Waals surface area contributed by atoms with Gasteiger partial charge < -0.3 is 0 Å². The third-order valence-corrected chi connectivity index (χ3v) is 2.16. The third kappa shape index (κ3) is 4.18. The van der Waals surface area contributed by atoms with Gasteiger partial charge in [-0.25, -0.2) is 10.4 Å². The van der Waals surface area contributed by atoms with Crippen LogP contribution in [0.15, 0.2) is 4.99 Å². The van der Waals surface area contributed by atoms with Crippen molar-refractivity contribution in [2.75, 3.05) is 0 Å². The summed E-state index contributed by atoms with van der Waals surface area (Å²) in [7, 11) is 0. The van der Waals surface area contributed by atoms with E-state index in [1.807, 2.05) is 13.8 Å². The molecule has 1 unspecified atom stereocenters. The Balaban J connectivity index is 0. The number of nitrogens with zero attached hydrogens (tertiary/aromatic N) is 1. The highest BCUT2D eigenvalue weighted by Crippen LogP contribution is 2.22. The zero-order valence-corrected chi connectivity index (χ0v) is 8.46. The van der Waals surface area contributed by atoms with Crippen molar-refractivity contribution in [3.05, 3.63) is 0 Å². The Labute approximate surface area is 75.0 Å². The van der Waals surface area contributed by atoms with E-state index in [1.54, 1.807) is 0 Å². The molecule has 0 saturated carbocycles. The summed E-state index contributed by atoms with van der Waals surface area (Å²) in [5.74, 6) is 0.519. The van der Waals surface area contributed by atoms with Gasteiger partial charge in [-0.15, -0.1) is 12.4 Å². The molecule has 0 aromatic heterocycles. The van der Waals surface area contributed by atoms with Crippen molar-refractivity contribution in [2.45, 2.75) is 39.7 Å². The molecule has 0 aliphatic heterocycles. The number of hydrogen-bond acceptors (Lipinski definition) is 2. The van der Waals surface area contributed by atoms with Gasteiger partial charge in [-0.3, -0.25) is 0 Å². The van der Waals surface area contributed by atoms with Crippen LogP contribution >= 0.6 is 12.4 Å². The minimum Gasteiger partial charge on any atom is -0.242 e. The Hall–Kier alpha value is -0.330. The van der Waals surface area contributed by atoms with Gasteiger partial charge in [-0.2, -0.15) is 0 Å². The third-order valence-electron chi connectivity index (χ3n) is 2.16. The first-order chi connectivity index (χ1) is 4.54. The molecule has 66 valence electrons. The Morgan fingerprint density at radius 2 is 2.00 bits per heavy atom. The van der Waals surface area contributed by atoms with Crippen molar-refractivity contribution in [1.29, 1.82) is 5.41 Å². The summed E-state index contributed by atoms with van der Waals surface area (Å²) >= 11 is 0. The molecule has 0 aromatic carbocycles. The van der Waals surface area contributed by atoms with Crippen molar-refractivity contribution in [3.8, 4) is 0 Å². The van der Waals surface area contributed by atoms with Crippen molar-refractivity contribution < 1.29 is 0 Å². The van der Waals surface area contributed by atoms with Crippen LogP contribution in [0.3, 0.4) is 0 Å². The van der Waals surface area contributed by atoms with Gasteiger partial charge in [0.1, 0.15) is 0 Å². The van der Waals surface area contributed by atoms with Gasteiger partial charge in [0.2, 0.25) is 0 Å². The highest BCUT2D eigenvalue weighted by molar-refractivity contribution is 5.85. The van der Waals surface area contributed by atoms with E-state index in [4.69, 9.17) is 5.41 Å². The van der Waals surface area contributed by atoms with Gasteiger partial charge in [0.25, 0.3) is 0 Å². The largest absolute Gasteiger partial charge is 0.242 e. The lowest BCUT2D eigenvalue weighted by atomic mass is 9.88. The molecule has 0 heterocycles. The molecule has 0 radical (unpaired) electrons. The van der Waals surface area contributed by atoms with Gasteiger partial charge in [-0.05, 0) is 19.8 Å². The molecule has 0 spiro atoms. The van der Waals surface area contributed by atoms with Gasteiger partial charge in [-0.1, -0.05) is 20.3 Å². The molecule has 11 heavy (non-hydrogen) atoms. The second-order valence-electron chi connectivity index (χ2n) is 3.19. The number of aliphatic imine (C=N–C) groups is 1. The molecule has 0 saturated heterocycles. The maximum Gasteiger partial charge on any atom is 0.0867 e. The molecular formula is C8H17ClN2. The Kier molecular flexibility index (Phi) is 6.44. The average Bonchev–Trinajstić information content (AvgIpc) is 1.86. The van der Waals surface area contributed by atoms with Crippen molar-refractivity contribution >= 4 is 18.4 Å².